The molecule has 8 aromatic carbocycles. The summed E-state index contributed by atoms with van der Waals surface area (Å²) < 4.78 is 2.69. The third kappa shape index (κ3) is 4.44. The zero-order valence-electron chi connectivity index (χ0n) is 24.6. The van der Waals surface area contributed by atoms with E-state index in [4.69, 9.17) is 0 Å². The Morgan fingerprint density at radius 1 is 0.289 bits per heavy atom. The molecule has 1 aromatic heterocycles. The van der Waals surface area contributed by atoms with Crippen molar-refractivity contribution in [3.8, 4) is 44.5 Å². The molecule has 0 unspecified atom stereocenters. The topological polar surface area (TPSA) is 0 Å². The van der Waals surface area contributed by atoms with Gasteiger partial charge in [0.15, 0.2) is 0 Å². The van der Waals surface area contributed by atoms with Gasteiger partial charge in [0, 0.05) is 20.2 Å². The van der Waals surface area contributed by atoms with Gasteiger partial charge in [-0.1, -0.05) is 146 Å². The highest BCUT2D eigenvalue weighted by Gasteiger charge is 2.13. The molecule has 9 rings (SSSR count). The lowest BCUT2D eigenvalue weighted by molar-refractivity contribution is 1.60. The van der Waals surface area contributed by atoms with Crippen molar-refractivity contribution in [3.63, 3.8) is 0 Å². The Balaban J connectivity index is 1.13. The highest BCUT2D eigenvalue weighted by atomic mass is 32.1. The number of fused-ring (bicyclic) bond motifs is 6. The molecule has 0 aliphatic rings. The van der Waals surface area contributed by atoms with Crippen LogP contribution in [0.3, 0.4) is 0 Å². The van der Waals surface area contributed by atoms with E-state index in [-0.39, 0.29) is 0 Å². The lowest BCUT2D eigenvalue weighted by Gasteiger charge is -2.13. The fourth-order valence-corrected chi connectivity index (χ4v) is 8.07. The van der Waals surface area contributed by atoms with Crippen molar-refractivity contribution in [1.82, 2.24) is 0 Å². The number of thiophene rings is 1. The molecule has 0 nitrogen and oxygen atoms in total. The Kier molecular flexibility index (Phi) is 6.11. The molecular formula is C44H28S. The maximum atomic E-state index is 2.36. The van der Waals surface area contributed by atoms with Crippen LogP contribution in [0, 0.1) is 0 Å². The molecule has 0 aliphatic heterocycles. The van der Waals surface area contributed by atoms with Crippen LogP contribution in [-0.4, -0.2) is 0 Å². The van der Waals surface area contributed by atoms with Crippen LogP contribution < -0.4 is 0 Å². The number of benzene rings is 8. The molecular weight excluding hydrogens is 561 g/mol. The van der Waals surface area contributed by atoms with Crippen LogP contribution in [-0.2, 0) is 0 Å². The predicted molar refractivity (Wildman–Crippen MR) is 196 cm³/mol. The summed E-state index contributed by atoms with van der Waals surface area (Å²) in [5, 5.41) is 7.77. The summed E-state index contributed by atoms with van der Waals surface area (Å²) in [5.41, 5.74) is 10.00. The average Bonchev–Trinajstić information content (AvgIpc) is 3.51. The molecule has 0 N–H and O–H groups in total. The van der Waals surface area contributed by atoms with Crippen LogP contribution in [0.5, 0.6) is 0 Å². The van der Waals surface area contributed by atoms with Crippen LogP contribution in [0.4, 0.5) is 0 Å². The Hall–Kier alpha value is -5.50. The first-order chi connectivity index (χ1) is 22.3. The Morgan fingerprint density at radius 2 is 0.867 bits per heavy atom. The van der Waals surface area contributed by atoms with Crippen molar-refractivity contribution in [1.29, 1.82) is 0 Å². The zero-order chi connectivity index (χ0) is 29.7. The molecule has 9 aromatic rings. The molecule has 0 atom stereocenters. The fraction of sp³-hybridized carbons (Fsp3) is 0. The van der Waals surface area contributed by atoms with Gasteiger partial charge in [-0.05, 0) is 90.3 Å². The van der Waals surface area contributed by atoms with Gasteiger partial charge in [-0.3, -0.25) is 0 Å². The average molecular weight is 589 g/mol. The van der Waals surface area contributed by atoms with Gasteiger partial charge in [-0.2, -0.15) is 0 Å². The second-order valence-corrected chi connectivity index (χ2v) is 12.8. The Morgan fingerprint density at radius 3 is 1.69 bits per heavy atom. The van der Waals surface area contributed by atoms with E-state index in [1.165, 1.54) is 86.2 Å². The van der Waals surface area contributed by atoms with Crippen molar-refractivity contribution in [2.75, 3.05) is 0 Å². The van der Waals surface area contributed by atoms with E-state index < -0.39 is 0 Å². The van der Waals surface area contributed by atoms with Gasteiger partial charge in [0.2, 0.25) is 0 Å². The molecule has 0 bridgehead atoms. The van der Waals surface area contributed by atoms with Crippen molar-refractivity contribution in [2.45, 2.75) is 0 Å². The fourth-order valence-electron chi connectivity index (χ4n) is 6.83. The van der Waals surface area contributed by atoms with Gasteiger partial charge >= 0.3 is 0 Å². The monoisotopic (exact) mass is 588 g/mol. The molecule has 0 saturated carbocycles. The first kappa shape index (κ1) is 25.9. The zero-order valence-corrected chi connectivity index (χ0v) is 25.4. The maximum Gasteiger partial charge on any atom is 0.0433 e. The first-order valence-corrected chi connectivity index (χ1v) is 16.2. The second kappa shape index (κ2) is 10.6. The molecule has 45 heavy (non-hydrogen) atoms. The van der Waals surface area contributed by atoms with Crippen molar-refractivity contribution < 1.29 is 0 Å². The minimum Gasteiger partial charge on any atom is -0.135 e. The number of rotatable bonds is 4. The molecule has 0 saturated heterocycles. The van der Waals surface area contributed by atoms with E-state index in [9.17, 15) is 0 Å². The third-order valence-corrected chi connectivity index (χ3v) is 10.3. The van der Waals surface area contributed by atoms with Crippen LogP contribution in [0.1, 0.15) is 0 Å². The summed E-state index contributed by atoms with van der Waals surface area (Å²) in [4.78, 5) is 0. The van der Waals surface area contributed by atoms with Gasteiger partial charge in [0.25, 0.3) is 0 Å². The van der Waals surface area contributed by atoms with Gasteiger partial charge < -0.3 is 0 Å². The van der Waals surface area contributed by atoms with E-state index in [1.807, 2.05) is 11.3 Å². The summed E-state index contributed by atoms with van der Waals surface area (Å²) in [6.45, 7) is 0. The van der Waals surface area contributed by atoms with E-state index in [2.05, 4.69) is 170 Å². The minimum absolute atomic E-state index is 1.23. The van der Waals surface area contributed by atoms with Gasteiger partial charge in [-0.25, -0.2) is 0 Å². The molecule has 1 heterocycles. The van der Waals surface area contributed by atoms with Crippen molar-refractivity contribution in [2.24, 2.45) is 0 Å². The molecule has 0 radical (unpaired) electrons. The van der Waals surface area contributed by atoms with Crippen LogP contribution in [0.15, 0.2) is 170 Å². The van der Waals surface area contributed by atoms with E-state index in [0.717, 1.165) is 0 Å². The first-order valence-electron chi connectivity index (χ1n) is 15.4. The summed E-state index contributed by atoms with van der Waals surface area (Å²) in [5.74, 6) is 0. The van der Waals surface area contributed by atoms with Gasteiger partial charge in [0.1, 0.15) is 0 Å². The minimum atomic E-state index is 1.23. The van der Waals surface area contributed by atoms with Crippen molar-refractivity contribution in [3.05, 3.63) is 170 Å². The largest absolute Gasteiger partial charge is 0.135 e. The highest BCUT2D eigenvalue weighted by Crippen LogP contribution is 2.41. The summed E-state index contributed by atoms with van der Waals surface area (Å²) in [7, 11) is 0. The van der Waals surface area contributed by atoms with E-state index in [1.54, 1.807) is 0 Å². The molecule has 210 valence electrons. The van der Waals surface area contributed by atoms with E-state index >= 15 is 0 Å². The number of hydrogen-bond donors (Lipinski definition) is 0. The Bertz CT molecular complexity index is 2520. The van der Waals surface area contributed by atoms with E-state index in [0.29, 0.717) is 0 Å². The normalized spacial score (nSPS) is 11.6. The molecule has 1 heteroatoms. The Labute approximate surface area is 266 Å². The highest BCUT2D eigenvalue weighted by molar-refractivity contribution is 7.26. The maximum absolute atomic E-state index is 2.36. The third-order valence-electron chi connectivity index (χ3n) is 9.07. The predicted octanol–water partition coefficient (Wildman–Crippen LogP) is 13.0. The molecule has 0 amide bonds. The molecule has 0 aliphatic carbocycles. The second-order valence-electron chi connectivity index (χ2n) is 11.7. The van der Waals surface area contributed by atoms with Crippen LogP contribution >= 0.6 is 11.3 Å². The van der Waals surface area contributed by atoms with Gasteiger partial charge in [0.05, 0.1) is 0 Å². The van der Waals surface area contributed by atoms with Crippen LogP contribution in [0.2, 0.25) is 0 Å². The summed E-state index contributed by atoms with van der Waals surface area (Å²) in [6.07, 6.45) is 0. The number of hydrogen-bond acceptors (Lipinski definition) is 1. The van der Waals surface area contributed by atoms with Crippen molar-refractivity contribution >= 4 is 53.1 Å². The summed E-state index contributed by atoms with van der Waals surface area (Å²) in [6, 6.07) is 62.2. The van der Waals surface area contributed by atoms with Gasteiger partial charge in [-0.15, -0.1) is 11.3 Å². The lowest BCUT2D eigenvalue weighted by Crippen LogP contribution is -1.87. The quantitative estimate of drug-likeness (QED) is 0.179. The molecule has 0 fully saturated rings. The lowest BCUT2D eigenvalue weighted by atomic mass is 9.90. The standard InChI is InChI=1S/C44H28S/c1-2-10-29(11-3-1)32-12-8-13-33(26-32)34-24-25-35-28-41(37-14-4-5-15-38(37)42(35)27-34)31-22-20-30(21-23-31)36-17-9-18-40-39-16-6-7-19-43(39)45-44(36)40/h1-28H. The molecule has 0 spiro atoms. The summed E-state index contributed by atoms with van der Waals surface area (Å²) >= 11 is 1.89. The smallest absolute Gasteiger partial charge is 0.0433 e. The van der Waals surface area contributed by atoms with Crippen LogP contribution in [0.25, 0.3) is 86.2 Å². The SMILES string of the molecule is c1ccc(-c2cccc(-c3ccc4cc(-c5ccc(-c6cccc7c6sc6ccccc67)cc5)c5ccccc5c4c3)c2)cc1.